The number of rotatable bonds is 3. The van der Waals surface area contributed by atoms with Crippen LogP contribution >= 0.6 is 11.6 Å². The van der Waals surface area contributed by atoms with Gasteiger partial charge in [0.15, 0.2) is 0 Å². The highest BCUT2D eigenvalue weighted by molar-refractivity contribution is 6.33. The second-order valence-electron chi connectivity index (χ2n) is 5.38. The Morgan fingerprint density at radius 2 is 2.00 bits per heavy atom. The lowest BCUT2D eigenvalue weighted by Crippen LogP contribution is -2.22. The molecule has 0 spiro atoms. The summed E-state index contributed by atoms with van der Waals surface area (Å²) in [5.41, 5.74) is 1.57. The Morgan fingerprint density at radius 1 is 1.25 bits per heavy atom. The molecule has 0 aliphatic heterocycles. The largest absolute Gasteiger partial charge is 0.325 e. The SMILES string of the molecule is CCC(=O)Nc1cc(-n2c(C)nc3ccccc3c2=O)ccc1Cl. The molecule has 0 unspecified atom stereocenters. The summed E-state index contributed by atoms with van der Waals surface area (Å²) in [4.78, 5) is 29.0. The van der Waals surface area contributed by atoms with Crippen LogP contribution in [-0.4, -0.2) is 15.5 Å². The van der Waals surface area contributed by atoms with Crippen molar-refractivity contribution in [2.24, 2.45) is 0 Å². The average Bonchev–Trinajstić information content (AvgIpc) is 2.57. The van der Waals surface area contributed by atoms with Gasteiger partial charge in [0.25, 0.3) is 5.56 Å². The summed E-state index contributed by atoms with van der Waals surface area (Å²) in [6.07, 6.45) is 0.344. The first-order valence-electron chi connectivity index (χ1n) is 7.59. The topological polar surface area (TPSA) is 64.0 Å². The van der Waals surface area contributed by atoms with Crippen molar-refractivity contribution in [3.63, 3.8) is 0 Å². The molecule has 5 nitrogen and oxygen atoms in total. The van der Waals surface area contributed by atoms with E-state index in [1.807, 2.05) is 12.1 Å². The number of hydrogen-bond acceptors (Lipinski definition) is 3. The Labute approximate surface area is 143 Å². The minimum absolute atomic E-state index is 0.144. The lowest BCUT2D eigenvalue weighted by atomic mass is 10.2. The number of nitrogens with zero attached hydrogens (tertiary/aromatic N) is 2. The van der Waals surface area contributed by atoms with Crippen molar-refractivity contribution in [3.05, 3.63) is 63.7 Å². The van der Waals surface area contributed by atoms with Crippen LogP contribution in [0.4, 0.5) is 5.69 Å². The van der Waals surface area contributed by atoms with Gasteiger partial charge in [-0.15, -0.1) is 0 Å². The molecule has 0 atom stereocenters. The molecule has 3 aromatic rings. The summed E-state index contributed by atoms with van der Waals surface area (Å²) in [7, 11) is 0. The van der Waals surface area contributed by atoms with E-state index in [0.717, 1.165) is 0 Å². The van der Waals surface area contributed by atoms with E-state index in [-0.39, 0.29) is 11.5 Å². The molecule has 0 fully saturated rings. The number of hydrogen-bond donors (Lipinski definition) is 1. The van der Waals surface area contributed by atoms with Crippen molar-refractivity contribution in [1.82, 2.24) is 9.55 Å². The maximum absolute atomic E-state index is 12.8. The molecule has 6 heteroatoms. The second kappa shape index (κ2) is 6.45. The number of halogens is 1. The van der Waals surface area contributed by atoms with Gasteiger partial charge in [-0.25, -0.2) is 4.98 Å². The molecule has 1 N–H and O–H groups in total. The maximum Gasteiger partial charge on any atom is 0.265 e. The number of benzene rings is 2. The molecular formula is C18H16ClN3O2. The van der Waals surface area contributed by atoms with Gasteiger partial charge in [0.2, 0.25) is 5.91 Å². The van der Waals surface area contributed by atoms with Gasteiger partial charge >= 0.3 is 0 Å². The number of fused-ring (bicyclic) bond motifs is 1. The fraction of sp³-hybridized carbons (Fsp3) is 0.167. The van der Waals surface area contributed by atoms with E-state index in [1.165, 1.54) is 4.57 Å². The van der Waals surface area contributed by atoms with E-state index in [4.69, 9.17) is 11.6 Å². The molecule has 1 aromatic heterocycles. The molecule has 3 rings (SSSR count). The van der Waals surface area contributed by atoms with Gasteiger partial charge in [-0.3, -0.25) is 14.2 Å². The molecule has 0 saturated heterocycles. The maximum atomic E-state index is 12.8. The van der Waals surface area contributed by atoms with E-state index < -0.39 is 0 Å². The molecule has 0 bridgehead atoms. The van der Waals surface area contributed by atoms with E-state index in [0.29, 0.717) is 39.5 Å². The van der Waals surface area contributed by atoms with E-state index in [2.05, 4.69) is 10.3 Å². The Bertz CT molecular complexity index is 995. The summed E-state index contributed by atoms with van der Waals surface area (Å²) >= 11 is 6.14. The van der Waals surface area contributed by atoms with Crippen molar-refractivity contribution >= 4 is 34.1 Å². The number of carbonyl (C=O) groups excluding carboxylic acids is 1. The van der Waals surface area contributed by atoms with Crippen LogP contribution in [0, 0.1) is 6.92 Å². The Hall–Kier alpha value is -2.66. The first-order chi connectivity index (χ1) is 11.5. The molecule has 1 amide bonds. The molecule has 2 aromatic carbocycles. The zero-order valence-electron chi connectivity index (χ0n) is 13.3. The summed E-state index contributed by atoms with van der Waals surface area (Å²) in [6, 6.07) is 12.3. The highest BCUT2D eigenvalue weighted by atomic mass is 35.5. The van der Waals surface area contributed by atoms with Gasteiger partial charge in [-0.2, -0.15) is 0 Å². The summed E-state index contributed by atoms with van der Waals surface area (Å²) in [5.74, 6) is 0.420. The molecular weight excluding hydrogens is 326 g/mol. The number of amides is 1. The Morgan fingerprint density at radius 3 is 2.75 bits per heavy atom. The minimum Gasteiger partial charge on any atom is -0.325 e. The number of aromatic nitrogens is 2. The summed E-state index contributed by atoms with van der Waals surface area (Å²) in [5, 5.41) is 3.70. The van der Waals surface area contributed by atoms with Gasteiger partial charge < -0.3 is 5.32 Å². The Balaban J connectivity index is 2.19. The molecule has 0 aliphatic rings. The third-order valence-electron chi connectivity index (χ3n) is 3.75. The van der Waals surface area contributed by atoms with Crippen LogP contribution in [0.1, 0.15) is 19.2 Å². The van der Waals surface area contributed by atoms with Crippen LogP contribution in [0.5, 0.6) is 0 Å². The molecule has 122 valence electrons. The van der Waals surface area contributed by atoms with Crippen LogP contribution in [-0.2, 0) is 4.79 Å². The van der Waals surface area contributed by atoms with Crippen LogP contribution in [0.2, 0.25) is 5.02 Å². The fourth-order valence-corrected chi connectivity index (χ4v) is 2.70. The van der Waals surface area contributed by atoms with Gasteiger partial charge in [0.05, 0.1) is 27.3 Å². The predicted molar refractivity (Wildman–Crippen MR) is 96.0 cm³/mol. The van der Waals surface area contributed by atoms with Gasteiger partial charge in [-0.05, 0) is 37.3 Å². The molecule has 0 saturated carbocycles. The lowest BCUT2D eigenvalue weighted by Gasteiger charge is -2.13. The van der Waals surface area contributed by atoms with Gasteiger partial charge in [-0.1, -0.05) is 30.7 Å². The highest BCUT2D eigenvalue weighted by Crippen LogP contribution is 2.25. The highest BCUT2D eigenvalue weighted by Gasteiger charge is 2.12. The molecule has 1 heterocycles. The Kier molecular flexibility index (Phi) is 4.36. The first-order valence-corrected chi connectivity index (χ1v) is 7.97. The van der Waals surface area contributed by atoms with Crippen molar-refractivity contribution in [2.45, 2.75) is 20.3 Å². The molecule has 0 aliphatic carbocycles. The van der Waals surface area contributed by atoms with Crippen LogP contribution in [0.15, 0.2) is 47.3 Å². The van der Waals surface area contributed by atoms with Gasteiger partial charge in [0.1, 0.15) is 5.82 Å². The number of para-hydroxylation sites is 1. The van der Waals surface area contributed by atoms with Crippen molar-refractivity contribution < 1.29 is 4.79 Å². The number of anilines is 1. The molecule has 0 radical (unpaired) electrons. The fourth-order valence-electron chi connectivity index (χ4n) is 2.53. The number of aryl methyl sites for hydroxylation is 1. The van der Waals surface area contributed by atoms with E-state index in [9.17, 15) is 9.59 Å². The minimum atomic E-state index is -0.159. The first kappa shape index (κ1) is 16.2. The average molecular weight is 342 g/mol. The predicted octanol–water partition coefficient (Wildman–Crippen LogP) is 3.70. The smallest absolute Gasteiger partial charge is 0.265 e. The summed E-state index contributed by atoms with van der Waals surface area (Å²) in [6.45, 7) is 3.53. The van der Waals surface area contributed by atoms with E-state index in [1.54, 1.807) is 44.2 Å². The van der Waals surface area contributed by atoms with E-state index >= 15 is 0 Å². The van der Waals surface area contributed by atoms with Crippen LogP contribution in [0.3, 0.4) is 0 Å². The van der Waals surface area contributed by atoms with Crippen LogP contribution in [0.25, 0.3) is 16.6 Å². The number of nitrogens with one attached hydrogen (secondary N) is 1. The third-order valence-corrected chi connectivity index (χ3v) is 4.08. The zero-order chi connectivity index (χ0) is 17.3. The quantitative estimate of drug-likeness (QED) is 0.790. The normalized spacial score (nSPS) is 10.8. The van der Waals surface area contributed by atoms with Gasteiger partial charge in [0, 0.05) is 6.42 Å². The monoisotopic (exact) mass is 341 g/mol. The summed E-state index contributed by atoms with van der Waals surface area (Å²) < 4.78 is 1.51. The molecule has 24 heavy (non-hydrogen) atoms. The zero-order valence-corrected chi connectivity index (χ0v) is 14.1. The van der Waals surface area contributed by atoms with Crippen molar-refractivity contribution in [2.75, 3.05) is 5.32 Å². The van der Waals surface area contributed by atoms with Crippen LogP contribution < -0.4 is 10.9 Å². The standard InChI is InChI=1S/C18H16ClN3O2/c1-3-17(23)21-16-10-12(8-9-14(16)19)22-11(2)20-15-7-5-4-6-13(15)18(22)24/h4-10H,3H2,1-2H3,(H,21,23). The third kappa shape index (κ3) is 2.90. The van der Waals surface area contributed by atoms with Crippen molar-refractivity contribution in [1.29, 1.82) is 0 Å². The second-order valence-corrected chi connectivity index (χ2v) is 5.79. The van der Waals surface area contributed by atoms with Crippen molar-refractivity contribution in [3.8, 4) is 5.69 Å². The lowest BCUT2D eigenvalue weighted by molar-refractivity contribution is -0.115. The number of carbonyl (C=O) groups is 1.